The molecule has 1 aromatic rings. The lowest BCUT2D eigenvalue weighted by Gasteiger charge is -2.20. The standard InChI is InChI=1S/C15H21NO4/c1-10(2)12(9-17)16-15(18)11-4-5-13-14(8-11)20-7-3-6-19-13/h4-5,8,10,12,17H,3,6-7,9H2,1-2H3,(H,16,18)/t12-/m1/s1. The fourth-order valence-electron chi connectivity index (χ4n) is 1.98. The first-order chi connectivity index (χ1) is 9.61. The number of amides is 1. The predicted octanol–water partition coefficient (Wildman–Crippen LogP) is 1.59. The summed E-state index contributed by atoms with van der Waals surface area (Å²) in [5.41, 5.74) is 0.508. The SMILES string of the molecule is CC(C)[C@@H](CO)NC(=O)c1ccc2c(c1)OCCCO2. The van der Waals surface area contributed by atoms with Crippen molar-refractivity contribution in [2.24, 2.45) is 5.92 Å². The third kappa shape index (κ3) is 3.42. The number of hydrogen-bond acceptors (Lipinski definition) is 4. The smallest absolute Gasteiger partial charge is 0.251 e. The van der Waals surface area contributed by atoms with Crippen molar-refractivity contribution in [2.45, 2.75) is 26.3 Å². The van der Waals surface area contributed by atoms with Gasteiger partial charge in [-0.3, -0.25) is 4.79 Å². The Morgan fingerprint density at radius 3 is 2.65 bits per heavy atom. The van der Waals surface area contributed by atoms with Gasteiger partial charge < -0.3 is 19.9 Å². The highest BCUT2D eigenvalue weighted by atomic mass is 16.5. The van der Waals surface area contributed by atoms with Crippen LogP contribution in [0.5, 0.6) is 11.5 Å². The van der Waals surface area contributed by atoms with Crippen molar-refractivity contribution in [3.05, 3.63) is 23.8 Å². The van der Waals surface area contributed by atoms with Crippen LogP contribution < -0.4 is 14.8 Å². The Hall–Kier alpha value is -1.75. The van der Waals surface area contributed by atoms with Crippen LogP contribution in [-0.2, 0) is 0 Å². The van der Waals surface area contributed by atoms with Crippen molar-refractivity contribution in [3.63, 3.8) is 0 Å². The molecule has 110 valence electrons. The molecule has 0 saturated heterocycles. The molecule has 0 spiro atoms. The third-order valence-corrected chi connectivity index (χ3v) is 3.33. The van der Waals surface area contributed by atoms with Crippen LogP contribution in [-0.4, -0.2) is 36.9 Å². The normalized spacial score (nSPS) is 15.6. The van der Waals surface area contributed by atoms with Gasteiger partial charge in [0.15, 0.2) is 11.5 Å². The van der Waals surface area contributed by atoms with E-state index in [0.29, 0.717) is 30.3 Å². The van der Waals surface area contributed by atoms with E-state index in [4.69, 9.17) is 9.47 Å². The van der Waals surface area contributed by atoms with E-state index in [-0.39, 0.29) is 24.5 Å². The van der Waals surface area contributed by atoms with Crippen molar-refractivity contribution >= 4 is 5.91 Å². The Morgan fingerprint density at radius 1 is 1.30 bits per heavy atom. The summed E-state index contributed by atoms with van der Waals surface area (Å²) in [4.78, 5) is 12.2. The first-order valence-corrected chi connectivity index (χ1v) is 6.93. The van der Waals surface area contributed by atoms with E-state index >= 15 is 0 Å². The molecule has 20 heavy (non-hydrogen) atoms. The maximum atomic E-state index is 12.2. The minimum Gasteiger partial charge on any atom is -0.490 e. The molecule has 1 heterocycles. The lowest BCUT2D eigenvalue weighted by molar-refractivity contribution is 0.0896. The van der Waals surface area contributed by atoms with Crippen LogP contribution in [0, 0.1) is 5.92 Å². The van der Waals surface area contributed by atoms with E-state index in [9.17, 15) is 9.90 Å². The third-order valence-electron chi connectivity index (χ3n) is 3.33. The summed E-state index contributed by atoms with van der Waals surface area (Å²) in [6.45, 7) is 5.04. The van der Waals surface area contributed by atoms with Crippen LogP contribution in [0.2, 0.25) is 0 Å². The molecule has 0 bridgehead atoms. The second-order valence-corrected chi connectivity index (χ2v) is 5.22. The fourth-order valence-corrected chi connectivity index (χ4v) is 1.98. The summed E-state index contributed by atoms with van der Waals surface area (Å²) in [6, 6.07) is 4.89. The van der Waals surface area contributed by atoms with Crippen molar-refractivity contribution in [1.82, 2.24) is 5.32 Å². The van der Waals surface area contributed by atoms with Gasteiger partial charge in [0.25, 0.3) is 5.91 Å². The van der Waals surface area contributed by atoms with Crippen molar-refractivity contribution < 1.29 is 19.4 Å². The van der Waals surface area contributed by atoms with Gasteiger partial charge in [0.1, 0.15) is 0 Å². The number of carbonyl (C=O) groups excluding carboxylic acids is 1. The Labute approximate surface area is 118 Å². The number of aliphatic hydroxyl groups is 1. The van der Waals surface area contributed by atoms with Gasteiger partial charge in [-0.2, -0.15) is 0 Å². The molecule has 0 saturated carbocycles. The van der Waals surface area contributed by atoms with Gasteiger partial charge in [-0.15, -0.1) is 0 Å². The molecular weight excluding hydrogens is 258 g/mol. The predicted molar refractivity (Wildman–Crippen MR) is 75.2 cm³/mol. The number of fused-ring (bicyclic) bond motifs is 1. The second-order valence-electron chi connectivity index (χ2n) is 5.22. The highest BCUT2D eigenvalue weighted by Crippen LogP contribution is 2.30. The molecule has 0 aliphatic carbocycles. The summed E-state index contributed by atoms with van der Waals surface area (Å²) in [6.07, 6.45) is 0.830. The van der Waals surface area contributed by atoms with Gasteiger partial charge in [0.05, 0.1) is 25.9 Å². The van der Waals surface area contributed by atoms with Crippen molar-refractivity contribution in [3.8, 4) is 11.5 Å². The van der Waals surface area contributed by atoms with Gasteiger partial charge in [0, 0.05) is 12.0 Å². The van der Waals surface area contributed by atoms with Crippen molar-refractivity contribution in [1.29, 1.82) is 0 Å². The molecule has 0 radical (unpaired) electrons. The summed E-state index contributed by atoms with van der Waals surface area (Å²) in [5, 5.41) is 12.1. The van der Waals surface area contributed by atoms with Crippen LogP contribution in [0.1, 0.15) is 30.6 Å². The first-order valence-electron chi connectivity index (χ1n) is 6.93. The lowest BCUT2D eigenvalue weighted by Crippen LogP contribution is -2.41. The molecule has 1 amide bonds. The van der Waals surface area contributed by atoms with Gasteiger partial charge in [-0.25, -0.2) is 0 Å². The zero-order valence-electron chi connectivity index (χ0n) is 11.9. The van der Waals surface area contributed by atoms with E-state index < -0.39 is 0 Å². The number of nitrogens with one attached hydrogen (secondary N) is 1. The quantitative estimate of drug-likeness (QED) is 0.878. The number of benzene rings is 1. The minimum absolute atomic E-state index is 0.0754. The average Bonchev–Trinajstić information content (AvgIpc) is 2.68. The zero-order valence-corrected chi connectivity index (χ0v) is 11.9. The molecule has 5 nitrogen and oxygen atoms in total. The molecular formula is C15H21NO4. The Kier molecular flexibility index (Phi) is 4.84. The Morgan fingerprint density at radius 2 is 2.00 bits per heavy atom. The van der Waals surface area contributed by atoms with E-state index in [1.807, 2.05) is 13.8 Å². The maximum absolute atomic E-state index is 12.2. The highest BCUT2D eigenvalue weighted by molar-refractivity contribution is 5.95. The van der Waals surface area contributed by atoms with Crippen LogP contribution in [0.4, 0.5) is 0 Å². The first kappa shape index (κ1) is 14.7. The van der Waals surface area contributed by atoms with Crippen LogP contribution in [0.3, 0.4) is 0 Å². The maximum Gasteiger partial charge on any atom is 0.251 e. The molecule has 1 aliphatic heterocycles. The Bertz CT molecular complexity index is 473. The summed E-state index contributed by atoms with van der Waals surface area (Å²) >= 11 is 0. The Balaban J connectivity index is 2.12. The lowest BCUT2D eigenvalue weighted by atomic mass is 10.0. The summed E-state index contributed by atoms with van der Waals surface area (Å²) in [5.74, 6) is 1.22. The summed E-state index contributed by atoms with van der Waals surface area (Å²) in [7, 11) is 0. The van der Waals surface area contributed by atoms with E-state index in [0.717, 1.165) is 6.42 Å². The minimum atomic E-state index is -0.251. The highest BCUT2D eigenvalue weighted by Gasteiger charge is 2.18. The molecule has 1 aromatic carbocycles. The van der Waals surface area contributed by atoms with Crippen LogP contribution in [0.25, 0.3) is 0 Å². The molecule has 1 aliphatic rings. The summed E-state index contributed by atoms with van der Waals surface area (Å²) < 4.78 is 11.1. The number of hydrogen-bond donors (Lipinski definition) is 2. The van der Waals surface area contributed by atoms with Gasteiger partial charge in [0.2, 0.25) is 0 Å². The molecule has 0 aromatic heterocycles. The topological polar surface area (TPSA) is 67.8 Å². The largest absolute Gasteiger partial charge is 0.490 e. The monoisotopic (exact) mass is 279 g/mol. The molecule has 0 fully saturated rings. The number of rotatable bonds is 4. The van der Waals surface area contributed by atoms with E-state index in [1.165, 1.54) is 0 Å². The van der Waals surface area contributed by atoms with Crippen LogP contribution in [0.15, 0.2) is 18.2 Å². The van der Waals surface area contributed by atoms with Gasteiger partial charge in [-0.05, 0) is 24.1 Å². The van der Waals surface area contributed by atoms with Crippen molar-refractivity contribution in [2.75, 3.05) is 19.8 Å². The van der Waals surface area contributed by atoms with Gasteiger partial charge >= 0.3 is 0 Å². The second kappa shape index (κ2) is 6.61. The van der Waals surface area contributed by atoms with Gasteiger partial charge in [-0.1, -0.05) is 13.8 Å². The average molecular weight is 279 g/mol. The molecule has 2 rings (SSSR count). The zero-order chi connectivity index (χ0) is 14.5. The van der Waals surface area contributed by atoms with E-state index in [1.54, 1.807) is 18.2 Å². The molecule has 5 heteroatoms. The fraction of sp³-hybridized carbons (Fsp3) is 0.533. The molecule has 0 unspecified atom stereocenters. The molecule has 2 N–H and O–H groups in total. The number of carbonyl (C=O) groups is 1. The number of aliphatic hydroxyl groups excluding tert-OH is 1. The molecule has 1 atom stereocenters. The van der Waals surface area contributed by atoms with Crippen LogP contribution >= 0.6 is 0 Å². The number of ether oxygens (including phenoxy) is 2. The van der Waals surface area contributed by atoms with E-state index in [2.05, 4.69) is 5.32 Å².